The van der Waals surface area contributed by atoms with Gasteiger partial charge >= 0.3 is 23.3 Å². The van der Waals surface area contributed by atoms with Crippen LogP contribution in [0.25, 0.3) is 0 Å². The molecule has 1 heterocycles. The number of alkyl halides is 9. The van der Waals surface area contributed by atoms with Gasteiger partial charge in [0, 0.05) is 22.9 Å². The van der Waals surface area contributed by atoms with E-state index in [0.717, 1.165) is 12.0 Å². The third-order valence-electron chi connectivity index (χ3n) is 4.16. The summed E-state index contributed by atoms with van der Waals surface area (Å²) in [4.78, 5) is 10.5. The zero-order valence-corrected chi connectivity index (χ0v) is 16.9. The van der Waals surface area contributed by atoms with Gasteiger partial charge in [-0.15, -0.1) is 0 Å². The minimum atomic E-state index is -7.43. The molecule has 0 aliphatic carbocycles. The van der Waals surface area contributed by atoms with Gasteiger partial charge in [-0.2, -0.15) is 39.5 Å². The Bertz CT molecular complexity index is 842. The minimum absolute atomic E-state index is 0.316. The fourth-order valence-corrected chi connectivity index (χ4v) is 5.47. The van der Waals surface area contributed by atoms with Crippen molar-refractivity contribution in [2.45, 2.75) is 41.4 Å². The molecule has 1 aromatic rings. The van der Waals surface area contributed by atoms with Crippen LogP contribution in [-0.2, 0) is 25.8 Å². The van der Waals surface area contributed by atoms with Crippen LogP contribution in [0.4, 0.5) is 39.5 Å². The molecule has 1 aliphatic rings. The highest BCUT2D eigenvalue weighted by Crippen LogP contribution is 2.54. The molecule has 0 N–H and O–H groups in total. The van der Waals surface area contributed by atoms with Crippen LogP contribution in [0, 0.1) is 0 Å². The first-order chi connectivity index (χ1) is 13.9. The van der Waals surface area contributed by atoms with Gasteiger partial charge in [-0.1, -0.05) is 30.3 Å². The van der Waals surface area contributed by atoms with Crippen LogP contribution in [0.5, 0.6) is 0 Å². The molecule has 1 saturated heterocycles. The fourth-order valence-electron chi connectivity index (χ4n) is 2.59. The molecule has 2 unspecified atom stereocenters. The zero-order valence-electron chi connectivity index (χ0n) is 15.2. The smallest absolute Gasteiger partial charge is 0.460 e. The third-order valence-corrected chi connectivity index (χ3v) is 7.73. The standard InChI is InChI=1S/C12H15OS.C4HF9O3S/c13-8-10-14-9-4-7-12(14)11-5-2-1-3-6-11;5-1(6,3(9,10)11)2(7,8)4(12,13)17(14,15)16/h1-3,5-6,8,12H,4,7,9-10H2;(H,14,15,16)/q+1;/p-1. The summed E-state index contributed by atoms with van der Waals surface area (Å²) in [6, 6.07) is 10.6. The predicted molar refractivity (Wildman–Crippen MR) is 92.2 cm³/mol. The molecule has 0 radical (unpaired) electrons. The van der Waals surface area contributed by atoms with E-state index >= 15 is 0 Å². The second-order valence-electron chi connectivity index (χ2n) is 6.23. The number of carbonyl (C=O) groups is 1. The summed E-state index contributed by atoms with van der Waals surface area (Å²) in [6.45, 7) is 0. The topological polar surface area (TPSA) is 74.3 Å². The number of hydrogen-bond donors (Lipinski definition) is 0. The Morgan fingerprint density at radius 2 is 1.48 bits per heavy atom. The summed E-state index contributed by atoms with van der Waals surface area (Å²) in [6.07, 6.45) is -3.52. The van der Waals surface area contributed by atoms with Gasteiger partial charge in [-0.25, -0.2) is 8.42 Å². The summed E-state index contributed by atoms with van der Waals surface area (Å²) >= 11 is 0. The van der Waals surface area contributed by atoms with Crippen molar-refractivity contribution in [2.75, 3.05) is 11.5 Å². The van der Waals surface area contributed by atoms with Crippen LogP contribution in [0.3, 0.4) is 0 Å². The van der Waals surface area contributed by atoms with Crippen molar-refractivity contribution in [3.8, 4) is 0 Å². The third kappa shape index (κ3) is 5.66. The molecule has 1 fully saturated rings. The second kappa shape index (κ2) is 9.57. The summed E-state index contributed by atoms with van der Waals surface area (Å²) in [7, 11) is -7.10. The van der Waals surface area contributed by atoms with E-state index in [4.69, 9.17) is 0 Å². The molecule has 0 aromatic heterocycles. The summed E-state index contributed by atoms with van der Waals surface area (Å²) in [5, 5.41) is -6.46. The van der Waals surface area contributed by atoms with E-state index in [1.807, 2.05) is 0 Å². The van der Waals surface area contributed by atoms with Crippen LogP contribution in [0.15, 0.2) is 30.3 Å². The van der Waals surface area contributed by atoms with E-state index in [0.29, 0.717) is 16.1 Å². The van der Waals surface area contributed by atoms with Crippen molar-refractivity contribution >= 4 is 27.3 Å². The number of benzene rings is 1. The Morgan fingerprint density at radius 3 is 1.90 bits per heavy atom. The van der Waals surface area contributed by atoms with E-state index < -0.39 is 33.4 Å². The molecule has 2 rings (SSSR count). The Labute approximate surface area is 173 Å². The monoisotopic (exact) mass is 506 g/mol. The van der Waals surface area contributed by atoms with E-state index in [-0.39, 0.29) is 0 Å². The molecule has 0 saturated carbocycles. The maximum absolute atomic E-state index is 12.2. The maximum Gasteiger partial charge on any atom is 0.460 e. The maximum atomic E-state index is 12.2. The number of rotatable bonds is 6. The molecule has 0 amide bonds. The lowest BCUT2D eigenvalue weighted by Gasteiger charge is -2.34. The first kappa shape index (κ1) is 27.6. The largest absolute Gasteiger partial charge is 0.743 e. The lowest BCUT2D eigenvalue weighted by Crippen LogP contribution is -2.63. The average Bonchev–Trinajstić information content (AvgIpc) is 3.09. The molecule has 0 bridgehead atoms. The average molecular weight is 506 g/mol. The van der Waals surface area contributed by atoms with Crippen molar-refractivity contribution in [3.63, 3.8) is 0 Å². The van der Waals surface area contributed by atoms with E-state index in [9.17, 15) is 57.3 Å². The Hall–Kier alpha value is -1.48. The molecule has 1 aromatic carbocycles. The summed E-state index contributed by atoms with van der Waals surface area (Å²) in [5.74, 6) is -12.8. The highest BCUT2D eigenvalue weighted by molar-refractivity contribution is 7.97. The molecule has 0 spiro atoms. The van der Waals surface area contributed by atoms with Gasteiger partial charge in [0.15, 0.2) is 22.2 Å². The highest BCUT2D eigenvalue weighted by Gasteiger charge is 2.83. The number of hydrogen-bond acceptors (Lipinski definition) is 4. The normalized spacial score (nSPS) is 20.7. The first-order valence-corrected chi connectivity index (χ1v) is 11.3. The Balaban J connectivity index is 0.000000314. The first-order valence-electron chi connectivity index (χ1n) is 8.22. The van der Waals surface area contributed by atoms with Gasteiger partial charge in [0.1, 0.15) is 11.0 Å². The van der Waals surface area contributed by atoms with Crippen LogP contribution in [0.2, 0.25) is 0 Å². The summed E-state index contributed by atoms with van der Waals surface area (Å²) in [5.41, 5.74) is 1.43. The molecule has 1 aliphatic heterocycles. The number of halogens is 9. The molecular weight excluding hydrogens is 491 g/mol. The molecule has 178 valence electrons. The number of aldehydes is 1. The van der Waals surface area contributed by atoms with Gasteiger partial charge in [-0.3, -0.25) is 4.79 Å². The molecular formula is C16H15F9O4S2. The van der Waals surface area contributed by atoms with Crippen LogP contribution >= 0.6 is 0 Å². The Morgan fingerprint density at radius 1 is 0.968 bits per heavy atom. The van der Waals surface area contributed by atoms with Gasteiger partial charge in [-0.05, 0) is 6.42 Å². The lowest BCUT2D eigenvalue weighted by molar-refractivity contribution is -0.382. The number of carbonyl (C=O) groups excluding carboxylic acids is 1. The molecule has 2 atom stereocenters. The van der Waals surface area contributed by atoms with Gasteiger partial charge in [0.25, 0.3) is 0 Å². The summed E-state index contributed by atoms with van der Waals surface area (Å²) < 4.78 is 135. The van der Waals surface area contributed by atoms with Crippen molar-refractivity contribution in [1.29, 1.82) is 0 Å². The van der Waals surface area contributed by atoms with Crippen LogP contribution in [0.1, 0.15) is 23.7 Å². The van der Waals surface area contributed by atoms with Gasteiger partial charge in [0.05, 0.1) is 0 Å². The van der Waals surface area contributed by atoms with Crippen LogP contribution < -0.4 is 0 Å². The minimum Gasteiger partial charge on any atom is -0.743 e. The molecule has 31 heavy (non-hydrogen) atoms. The van der Waals surface area contributed by atoms with Crippen molar-refractivity contribution < 1.29 is 57.3 Å². The second-order valence-corrected chi connectivity index (χ2v) is 10.0. The van der Waals surface area contributed by atoms with E-state index in [1.54, 1.807) is 0 Å². The van der Waals surface area contributed by atoms with Crippen molar-refractivity contribution in [1.82, 2.24) is 0 Å². The fraction of sp³-hybridized carbons (Fsp3) is 0.562. The van der Waals surface area contributed by atoms with Crippen LogP contribution in [-0.4, -0.2) is 54.0 Å². The van der Waals surface area contributed by atoms with Gasteiger partial charge in [0.2, 0.25) is 0 Å². The quantitative estimate of drug-likeness (QED) is 0.250. The van der Waals surface area contributed by atoms with Crippen molar-refractivity contribution in [3.05, 3.63) is 35.9 Å². The lowest BCUT2D eigenvalue weighted by atomic mass is 10.1. The molecule has 4 nitrogen and oxygen atoms in total. The van der Waals surface area contributed by atoms with E-state index in [1.165, 1.54) is 24.2 Å². The van der Waals surface area contributed by atoms with Gasteiger partial charge < -0.3 is 4.55 Å². The predicted octanol–water partition coefficient (Wildman–Crippen LogP) is 4.30. The Kier molecular flexibility index (Phi) is 8.50. The molecule has 15 heteroatoms. The zero-order chi connectivity index (χ0) is 24.3. The SMILES string of the molecule is O=CC[S+]1CCCC1c1ccccc1.O=S(=O)([O-])C(F)(F)C(F)(F)C(F)(F)C(F)(F)F. The van der Waals surface area contributed by atoms with Crippen molar-refractivity contribution in [2.24, 2.45) is 0 Å². The highest BCUT2D eigenvalue weighted by atomic mass is 32.2. The van der Waals surface area contributed by atoms with E-state index in [2.05, 4.69) is 30.3 Å².